The van der Waals surface area contributed by atoms with E-state index >= 15 is 0 Å². The lowest BCUT2D eigenvalue weighted by Crippen LogP contribution is -2.38. The molecule has 1 atom stereocenters. The van der Waals surface area contributed by atoms with Crippen LogP contribution in [0.2, 0.25) is 0 Å². The Balaban J connectivity index is 0.00000108. The number of halogens is 1. The highest BCUT2D eigenvalue weighted by Crippen LogP contribution is 2.31. The Morgan fingerprint density at radius 2 is 1.82 bits per heavy atom. The van der Waals surface area contributed by atoms with Crippen molar-refractivity contribution in [2.45, 2.75) is 37.9 Å². The van der Waals surface area contributed by atoms with E-state index in [4.69, 9.17) is 0 Å². The van der Waals surface area contributed by atoms with E-state index in [9.17, 15) is 0 Å². The standard InChI is InChI=1S/C14H20N2.ClH/c1-2-4-12(5-3-1)11-16(13-6-7-13)14-8-9-15-10-14;/h1-5,13-15H,6-11H2;1H. The van der Waals surface area contributed by atoms with Gasteiger partial charge < -0.3 is 5.32 Å². The molecule has 2 aliphatic rings. The fourth-order valence-corrected chi connectivity index (χ4v) is 2.68. The molecular weight excluding hydrogens is 232 g/mol. The molecule has 1 saturated heterocycles. The average molecular weight is 253 g/mol. The van der Waals surface area contributed by atoms with Gasteiger partial charge in [0.15, 0.2) is 0 Å². The SMILES string of the molecule is Cl.c1ccc(CN(C2CC2)C2CCNC2)cc1. The Hall–Kier alpha value is -0.570. The molecule has 1 saturated carbocycles. The predicted molar refractivity (Wildman–Crippen MR) is 73.5 cm³/mol. The molecule has 0 radical (unpaired) electrons. The lowest BCUT2D eigenvalue weighted by molar-refractivity contribution is 0.189. The summed E-state index contributed by atoms with van der Waals surface area (Å²) in [6.07, 6.45) is 4.13. The van der Waals surface area contributed by atoms with Crippen LogP contribution in [0.15, 0.2) is 30.3 Å². The van der Waals surface area contributed by atoms with Gasteiger partial charge in [-0.2, -0.15) is 0 Å². The summed E-state index contributed by atoms with van der Waals surface area (Å²) in [6.45, 7) is 3.52. The molecule has 3 rings (SSSR count). The molecule has 1 aromatic rings. The topological polar surface area (TPSA) is 15.3 Å². The maximum atomic E-state index is 3.48. The van der Waals surface area contributed by atoms with Crippen molar-refractivity contribution in [2.24, 2.45) is 0 Å². The molecule has 0 spiro atoms. The number of hydrogen-bond donors (Lipinski definition) is 1. The molecule has 1 aliphatic carbocycles. The summed E-state index contributed by atoms with van der Waals surface area (Å²) in [4.78, 5) is 2.72. The molecule has 1 N–H and O–H groups in total. The Labute approximate surface area is 110 Å². The highest BCUT2D eigenvalue weighted by molar-refractivity contribution is 5.85. The second kappa shape index (κ2) is 5.85. The van der Waals surface area contributed by atoms with Crippen molar-refractivity contribution >= 4 is 12.4 Å². The Morgan fingerprint density at radius 3 is 2.41 bits per heavy atom. The van der Waals surface area contributed by atoms with Crippen LogP contribution >= 0.6 is 12.4 Å². The average Bonchev–Trinajstić information content (AvgIpc) is 3.02. The van der Waals surface area contributed by atoms with Gasteiger partial charge in [0.2, 0.25) is 0 Å². The van der Waals surface area contributed by atoms with Crippen LogP contribution in [0.5, 0.6) is 0 Å². The van der Waals surface area contributed by atoms with E-state index in [1.165, 1.54) is 37.9 Å². The lowest BCUT2D eigenvalue weighted by atomic mass is 10.1. The third-order valence-electron chi connectivity index (χ3n) is 3.73. The first-order chi connectivity index (χ1) is 7.93. The van der Waals surface area contributed by atoms with Crippen LogP contribution in [0.25, 0.3) is 0 Å². The van der Waals surface area contributed by atoms with Crippen LogP contribution < -0.4 is 5.32 Å². The molecule has 17 heavy (non-hydrogen) atoms. The van der Waals surface area contributed by atoms with Gasteiger partial charge in [0.1, 0.15) is 0 Å². The van der Waals surface area contributed by atoms with Crippen molar-refractivity contribution in [3.63, 3.8) is 0 Å². The Kier molecular flexibility index (Phi) is 4.43. The second-order valence-corrected chi connectivity index (χ2v) is 5.04. The van der Waals surface area contributed by atoms with Gasteiger partial charge in [-0.1, -0.05) is 30.3 Å². The quantitative estimate of drug-likeness (QED) is 0.886. The zero-order chi connectivity index (χ0) is 10.8. The summed E-state index contributed by atoms with van der Waals surface area (Å²) in [5, 5.41) is 3.48. The minimum atomic E-state index is 0. The summed E-state index contributed by atoms with van der Waals surface area (Å²) >= 11 is 0. The second-order valence-electron chi connectivity index (χ2n) is 5.04. The van der Waals surface area contributed by atoms with Crippen molar-refractivity contribution < 1.29 is 0 Å². The van der Waals surface area contributed by atoms with Crippen molar-refractivity contribution in [2.75, 3.05) is 13.1 Å². The van der Waals surface area contributed by atoms with E-state index in [1.54, 1.807) is 0 Å². The largest absolute Gasteiger partial charge is 0.315 e. The van der Waals surface area contributed by atoms with Crippen molar-refractivity contribution in [3.8, 4) is 0 Å². The van der Waals surface area contributed by atoms with Crippen LogP contribution in [0.4, 0.5) is 0 Å². The third-order valence-corrected chi connectivity index (χ3v) is 3.73. The zero-order valence-electron chi connectivity index (χ0n) is 10.1. The summed E-state index contributed by atoms with van der Waals surface area (Å²) in [7, 11) is 0. The third kappa shape index (κ3) is 3.21. The van der Waals surface area contributed by atoms with Gasteiger partial charge in [0, 0.05) is 25.2 Å². The molecule has 1 unspecified atom stereocenters. The van der Waals surface area contributed by atoms with Crippen molar-refractivity contribution in [1.82, 2.24) is 10.2 Å². The highest BCUT2D eigenvalue weighted by Gasteiger charge is 2.34. The van der Waals surface area contributed by atoms with Crippen molar-refractivity contribution in [3.05, 3.63) is 35.9 Å². The molecule has 0 aromatic heterocycles. The molecule has 94 valence electrons. The molecule has 1 heterocycles. The van der Waals surface area contributed by atoms with E-state index in [1.807, 2.05) is 0 Å². The number of hydrogen-bond acceptors (Lipinski definition) is 2. The smallest absolute Gasteiger partial charge is 0.0240 e. The molecule has 2 nitrogen and oxygen atoms in total. The zero-order valence-corrected chi connectivity index (χ0v) is 11.0. The van der Waals surface area contributed by atoms with E-state index in [0.29, 0.717) is 0 Å². The van der Waals surface area contributed by atoms with Gasteiger partial charge in [-0.3, -0.25) is 4.90 Å². The van der Waals surface area contributed by atoms with E-state index < -0.39 is 0 Å². The van der Waals surface area contributed by atoms with Crippen LogP contribution in [0.3, 0.4) is 0 Å². The number of rotatable bonds is 4. The van der Waals surface area contributed by atoms with Crippen LogP contribution in [-0.2, 0) is 6.54 Å². The lowest BCUT2D eigenvalue weighted by Gasteiger charge is -2.28. The van der Waals surface area contributed by atoms with Gasteiger partial charge in [-0.05, 0) is 31.4 Å². The van der Waals surface area contributed by atoms with Gasteiger partial charge in [-0.25, -0.2) is 0 Å². The van der Waals surface area contributed by atoms with Crippen LogP contribution in [0.1, 0.15) is 24.8 Å². The molecule has 1 aromatic carbocycles. The fourth-order valence-electron chi connectivity index (χ4n) is 2.68. The first kappa shape index (κ1) is 12.9. The molecule has 3 heteroatoms. The van der Waals surface area contributed by atoms with E-state index in [-0.39, 0.29) is 12.4 Å². The molecular formula is C14H21ClN2. The van der Waals surface area contributed by atoms with Gasteiger partial charge in [-0.15, -0.1) is 12.4 Å². The summed E-state index contributed by atoms with van der Waals surface area (Å²) in [6, 6.07) is 12.5. The molecule has 0 amide bonds. The molecule has 2 fully saturated rings. The van der Waals surface area contributed by atoms with Crippen molar-refractivity contribution in [1.29, 1.82) is 0 Å². The first-order valence-electron chi connectivity index (χ1n) is 6.44. The highest BCUT2D eigenvalue weighted by atomic mass is 35.5. The van der Waals surface area contributed by atoms with Crippen LogP contribution in [0, 0.1) is 0 Å². The molecule has 0 bridgehead atoms. The number of benzene rings is 1. The van der Waals surface area contributed by atoms with Crippen LogP contribution in [-0.4, -0.2) is 30.1 Å². The Bertz CT molecular complexity index is 331. The first-order valence-corrected chi connectivity index (χ1v) is 6.44. The monoisotopic (exact) mass is 252 g/mol. The summed E-state index contributed by atoms with van der Waals surface area (Å²) in [5.74, 6) is 0. The minimum absolute atomic E-state index is 0. The van der Waals surface area contributed by atoms with Gasteiger partial charge >= 0.3 is 0 Å². The Morgan fingerprint density at radius 1 is 1.06 bits per heavy atom. The number of nitrogens with zero attached hydrogens (tertiary/aromatic N) is 1. The van der Waals surface area contributed by atoms with Gasteiger partial charge in [0.25, 0.3) is 0 Å². The predicted octanol–water partition coefficient (Wildman–Crippen LogP) is 2.43. The summed E-state index contributed by atoms with van der Waals surface area (Å²) < 4.78 is 0. The maximum Gasteiger partial charge on any atom is 0.0240 e. The normalized spacial score (nSPS) is 23.7. The fraction of sp³-hybridized carbons (Fsp3) is 0.571. The van der Waals surface area contributed by atoms with E-state index in [2.05, 4.69) is 40.5 Å². The summed E-state index contributed by atoms with van der Waals surface area (Å²) in [5.41, 5.74) is 1.46. The molecule has 1 aliphatic heterocycles. The van der Waals surface area contributed by atoms with E-state index in [0.717, 1.165) is 18.6 Å². The maximum absolute atomic E-state index is 3.48. The minimum Gasteiger partial charge on any atom is -0.315 e. The number of nitrogens with one attached hydrogen (secondary N) is 1. The van der Waals surface area contributed by atoms with Gasteiger partial charge in [0.05, 0.1) is 0 Å².